The van der Waals surface area contributed by atoms with Crippen LogP contribution in [0.15, 0.2) is 18.2 Å². The highest BCUT2D eigenvalue weighted by atomic mass is 79.9. The Morgan fingerprint density at radius 2 is 2.15 bits per heavy atom. The molecule has 1 unspecified atom stereocenters. The van der Waals surface area contributed by atoms with Gasteiger partial charge in [0.25, 0.3) is 0 Å². The van der Waals surface area contributed by atoms with Crippen LogP contribution in [0.5, 0.6) is 5.75 Å². The Bertz CT molecular complexity index is 472. The van der Waals surface area contributed by atoms with Crippen LogP contribution < -0.4 is 4.74 Å². The second-order valence-electron chi connectivity index (χ2n) is 5.86. The van der Waals surface area contributed by atoms with Gasteiger partial charge in [0.2, 0.25) is 0 Å². The van der Waals surface area contributed by atoms with Crippen molar-refractivity contribution < 1.29 is 13.9 Å². The first-order chi connectivity index (χ1) is 9.71. The molecule has 1 heterocycles. The zero-order valence-corrected chi connectivity index (χ0v) is 13.1. The van der Waals surface area contributed by atoms with Crippen LogP contribution in [0.3, 0.4) is 0 Å². The van der Waals surface area contributed by atoms with Gasteiger partial charge in [-0.05, 0) is 31.0 Å². The third kappa shape index (κ3) is 3.01. The highest BCUT2D eigenvalue weighted by Gasteiger charge is 2.40. The molecule has 1 atom stereocenters. The Labute approximate surface area is 127 Å². The molecule has 110 valence electrons. The lowest BCUT2D eigenvalue weighted by atomic mass is 9.90. The van der Waals surface area contributed by atoms with E-state index < -0.39 is 0 Å². The molecule has 1 aromatic rings. The van der Waals surface area contributed by atoms with Gasteiger partial charge in [0.1, 0.15) is 17.7 Å². The summed E-state index contributed by atoms with van der Waals surface area (Å²) in [7, 11) is 0. The van der Waals surface area contributed by atoms with Crippen molar-refractivity contribution in [3.05, 3.63) is 29.6 Å². The maximum Gasteiger partial charge on any atom is 0.123 e. The van der Waals surface area contributed by atoms with Crippen LogP contribution in [0.4, 0.5) is 4.39 Å². The molecule has 2 nitrogen and oxygen atoms in total. The fourth-order valence-electron chi connectivity index (χ4n) is 3.40. The molecule has 0 amide bonds. The molecule has 1 aliphatic carbocycles. The molecule has 1 spiro atoms. The molecular formula is C16H20BrFO2. The Kier molecular flexibility index (Phi) is 4.32. The predicted molar refractivity (Wildman–Crippen MR) is 79.8 cm³/mol. The molecule has 4 heteroatoms. The van der Waals surface area contributed by atoms with Gasteiger partial charge in [-0.3, -0.25) is 0 Å². The summed E-state index contributed by atoms with van der Waals surface area (Å²) >= 11 is 3.40. The molecule has 3 rings (SSSR count). The van der Waals surface area contributed by atoms with E-state index in [1.165, 1.54) is 25.0 Å². The minimum atomic E-state index is -0.217. The third-order valence-corrected chi connectivity index (χ3v) is 5.03. The summed E-state index contributed by atoms with van der Waals surface area (Å²) in [5.74, 6) is 0.578. The summed E-state index contributed by atoms with van der Waals surface area (Å²) in [6.45, 7) is 0.773. The fourth-order valence-corrected chi connectivity index (χ4v) is 3.84. The second kappa shape index (κ2) is 6.02. The van der Waals surface area contributed by atoms with Crippen molar-refractivity contribution in [1.29, 1.82) is 0 Å². The first-order valence-corrected chi connectivity index (χ1v) is 8.48. The van der Waals surface area contributed by atoms with Gasteiger partial charge in [-0.25, -0.2) is 4.39 Å². The molecule has 1 aliphatic heterocycles. The number of rotatable bonds is 3. The summed E-state index contributed by atoms with van der Waals surface area (Å²) in [6, 6.07) is 4.74. The quantitative estimate of drug-likeness (QED) is 0.748. The number of ether oxygens (including phenoxy) is 2. The number of hydrogen-bond donors (Lipinski definition) is 0. The second-order valence-corrected chi connectivity index (χ2v) is 6.42. The van der Waals surface area contributed by atoms with Crippen LogP contribution in [0.25, 0.3) is 0 Å². The van der Waals surface area contributed by atoms with E-state index in [1.54, 1.807) is 6.07 Å². The average molecular weight is 343 g/mol. The molecule has 0 radical (unpaired) electrons. The summed E-state index contributed by atoms with van der Waals surface area (Å²) < 4.78 is 25.4. The summed E-state index contributed by atoms with van der Waals surface area (Å²) in [5, 5.41) is 0.606. The SMILES string of the molecule is Fc1ccc(OC2CCOC3(CCCC3)C2)c(CBr)c1. The lowest BCUT2D eigenvalue weighted by Crippen LogP contribution is -2.41. The Morgan fingerprint density at radius 3 is 2.90 bits per heavy atom. The van der Waals surface area contributed by atoms with Gasteiger partial charge in [-0.1, -0.05) is 28.8 Å². The van der Waals surface area contributed by atoms with Crippen molar-refractivity contribution in [3.63, 3.8) is 0 Å². The van der Waals surface area contributed by atoms with Crippen molar-refractivity contribution in [2.24, 2.45) is 0 Å². The molecule has 20 heavy (non-hydrogen) atoms. The maximum absolute atomic E-state index is 13.3. The van der Waals surface area contributed by atoms with Gasteiger partial charge in [0.15, 0.2) is 0 Å². The van der Waals surface area contributed by atoms with Crippen LogP contribution in [-0.2, 0) is 10.1 Å². The Morgan fingerprint density at radius 1 is 1.35 bits per heavy atom. The van der Waals surface area contributed by atoms with Gasteiger partial charge < -0.3 is 9.47 Å². The number of alkyl halides is 1. The van der Waals surface area contributed by atoms with Crippen LogP contribution in [0.1, 0.15) is 44.1 Å². The van der Waals surface area contributed by atoms with Crippen molar-refractivity contribution in [3.8, 4) is 5.75 Å². The predicted octanol–water partition coefficient (Wildman–Crippen LogP) is 4.59. The monoisotopic (exact) mass is 342 g/mol. The van der Waals surface area contributed by atoms with Gasteiger partial charge in [0, 0.05) is 23.7 Å². The standard InChI is InChI=1S/C16H20BrFO2/c17-11-12-9-13(18)3-4-15(12)20-14-5-8-19-16(10-14)6-1-2-7-16/h3-4,9,14H,1-2,5-8,10-11H2. The van der Waals surface area contributed by atoms with Crippen LogP contribution in [0, 0.1) is 5.82 Å². The van der Waals surface area contributed by atoms with E-state index in [9.17, 15) is 4.39 Å². The lowest BCUT2D eigenvalue weighted by Gasteiger charge is -2.38. The van der Waals surface area contributed by atoms with Crippen molar-refractivity contribution in [1.82, 2.24) is 0 Å². The number of benzene rings is 1. The van der Waals surface area contributed by atoms with Crippen molar-refractivity contribution in [2.45, 2.75) is 55.6 Å². The molecule has 1 saturated carbocycles. The van der Waals surface area contributed by atoms with Crippen LogP contribution in [-0.4, -0.2) is 18.3 Å². The zero-order chi connectivity index (χ0) is 14.0. The summed E-state index contributed by atoms with van der Waals surface area (Å²) in [4.78, 5) is 0. The molecule has 2 fully saturated rings. The molecule has 0 aromatic heterocycles. The summed E-state index contributed by atoms with van der Waals surface area (Å²) in [6.07, 6.45) is 6.90. The average Bonchev–Trinajstić information content (AvgIpc) is 2.89. The van der Waals surface area contributed by atoms with E-state index in [2.05, 4.69) is 15.9 Å². The van der Waals surface area contributed by atoms with Gasteiger partial charge in [-0.2, -0.15) is 0 Å². The topological polar surface area (TPSA) is 18.5 Å². The largest absolute Gasteiger partial charge is 0.490 e. The highest BCUT2D eigenvalue weighted by Crippen LogP contribution is 2.41. The van der Waals surface area contributed by atoms with E-state index in [0.717, 1.165) is 43.6 Å². The van der Waals surface area contributed by atoms with E-state index in [-0.39, 0.29) is 17.5 Å². The minimum Gasteiger partial charge on any atom is -0.490 e. The van der Waals surface area contributed by atoms with Gasteiger partial charge in [-0.15, -0.1) is 0 Å². The Balaban J connectivity index is 1.71. The molecule has 0 N–H and O–H groups in total. The number of hydrogen-bond acceptors (Lipinski definition) is 2. The lowest BCUT2D eigenvalue weighted by molar-refractivity contribution is -0.108. The smallest absolute Gasteiger partial charge is 0.123 e. The molecule has 0 bridgehead atoms. The fraction of sp³-hybridized carbons (Fsp3) is 0.625. The molecule has 1 aromatic carbocycles. The van der Waals surface area contributed by atoms with Gasteiger partial charge in [0.05, 0.1) is 12.2 Å². The number of halogens is 2. The molecule has 1 saturated heterocycles. The molecular weight excluding hydrogens is 323 g/mol. The summed E-state index contributed by atoms with van der Waals surface area (Å²) in [5.41, 5.74) is 0.925. The minimum absolute atomic E-state index is 0.0531. The van der Waals surface area contributed by atoms with Gasteiger partial charge >= 0.3 is 0 Å². The zero-order valence-electron chi connectivity index (χ0n) is 11.5. The molecule has 2 aliphatic rings. The van der Waals surface area contributed by atoms with E-state index in [4.69, 9.17) is 9.47 Å². The third-order valence-electron chi connectivity index (χ3n) is 4.42. The van der Waals surface area contributed by atoms with Crippen LogP contribution in [0.2, 0.25) is 0 Å². The van der Waals surface area contributed by atoms with Crippen molar-refractivity contribution >= 4 is 15.9 Å². The van der Waals surface area contributed by atoms with Crippen molar-refractivity contribution in [2.75, 3.05) is 6.61 Å². The van der Waals surface area contributed by atoms with Crippen LogP contribution >= 0.6 is 15.9 Å². The van der Waals surface area contributed by atoms with E-state index >= 15 is 0 Å². The first-order valence-electron chi connectivity index (χ1n) is 7.36. The van der Waals surface area contributed by atoms with E-state index in [1.807, 2.05) is 0 Å². The first kappa shape index (κ1) is 14.3. The Hall–Kier alpha value is -0.610. The normalized spacial score (nSPS) is 25.0. The maximum atomic E-state index is 13.3. The van der Waals surface area contributed by atoms with E-state index in [0.29, 0.717) is 5.33 Å². The highest BCUT2D eigenvalue weighted by molar-refractivity contribution is 9.08.